The Labute approximate surface area is 194 Å². The molecule has 4 aromatic rings. The smallest absolute Gasteiger partial charge is 0.270 e. The average molecular weight is 435 g/mol. The standard InChI is InChI=1S/C28H26N4O/c29-20-22-11-13-25(14-12-22)30-15-6-16-31(18-17-30)28(33)27-19-24-9-4-5-10-26(24)32(27)21-23-7-2-1-3-8-23/h1-5,7-14,19H,6,15-18,21H2. The van der Waals surface area contributed by atoms with Crippen molar-refractivity contribution >= 4 is 22.5 Å². The lowest BCUT2D eigenvalue weighted by Crippen LogP contribution is -2.36. The number of nitriles is 1. The first-order valence-electron chi connectivity index (χ1n) is 11.4. The van der Waals surface area contributed by atoms with Gasteiger partial charge in [0.2, 0.25) is 0 Å². The van der Waals surface area contributed by atoms with Crippen LogP contribution >= 0.6 is 0 Å². The minimum atomic E-state index is 0.0869. The Hall–Kier alpha value is -4.04. The van der Waals surface area contributed by atoms with E-state index < -0.39 is 0 Å². The number of aromatic nitrogens is 1. The van der Waals surface area contributed by atoms with Gasteiger partial charge in [0.15, 0.2) is 0 Å². The zero-order valence-corrected chi connectivity index (χ0v) is 18.5. The molecule has 3 aromatic carbocycles. The van der Waals surface area contributed by atoms with Crippen LogP contribution in [-0.2, 0) is 6.54 Å². The molecule has 0 radical (unpaired) electrons. The highest BCUT2D eigenvalue weighted by atomic mass is 16.2. The number of carbonyl (C=O) groups is 1. The summed E-state index contributed by atoms with van der Waals surface area (Å²) < 4.78 is 2.15. The summed E-state index contributed by atoms with van der Waals surface area (Å²) in [6, 6.07) is 30.4. The van der Waals surface area contributed by atoms with Crippen LogP contribution in [0.1, 0.15) is 28.0 Å². The first kappa shape index (κ1) is 20.8. The highest BCUT2D eigenvalue weighted by molar-refractivity contribution is 5.99. The Bertz CT molecular complexity index is 1300. The molecular weight excluding hydrogens is 408 g/mol. The van der Waals surface area contributed by atoms with Crippen molar-refractivity contribution in [1.82, 2.24) is 9.47 Å². The third-order valence-electron chi connectivity index (χ3n) is 6.36. The van der Waals surface area contributed by atoms with Gasteiger partial charge in [-0.15, -0.1) is 0 Å². The molecule has 0 spiro atoms. The Balaban J connectivity index is 1.39. The third kappa shape index (κ3) is 4.33. The first-order chi connectivity index (χ1) is 16.2. The molecule has 0 bridgehead atoms. The highest BCUT2D eigenvalue weighted by Gasteiger charge is 2.24. The lowest BCUT2D eigenvalue weighted by Gasteiger charge is -2.24. The van der Waals surface area contributed by atoms with Crippen molar-refractivity contribution in [3.63, 3.8) is 0 Å². The van der Waals surface area contributed by atoms with E-state index in [0.29, 0.717) is 18.7 Å². The highest BCUT2D eigenvalue weighted by Crippen LogP contribution is 2.24. The number of nitrogens with zero attached hydrogens (tertiary/aromatic N) is 4. The Kier molecular flexibility index (Phi) is 5.82. The molecule has 1 aliphatic heterocycles. The van der Waals surface area contributed by atoms with E-state index in [9.17, 15) is 4.79 Å². The Morgan fingerprint density at radius 1 is 0.848 bits per heavy atom. The summed E-state index contributed by atoms with van der Waals surface area (Å²) in [5.74, 6) is 0.0869. The van der Waals surface area contributed by atoms with Crippen molar-refractivity contribution in [3.8, 4) is 6.07 Å². The molecule has 1 saturated heterocycles. The van der Waals surface area contributed by atoms with E-state index in [2.05, 4.69) is 39.8 Å². The zero-order chi connectivity index (χ0) is 22.6. The molecule has 1 amide bonds. The number of para-hydroxylation sites is 1. The number of amides is 1. The minimum absolute atomic E-state index is 0.0869. The van der Waals surface area contributed by atoms with Gasteiger partial charge in [0.1, 0.15) is 5.69 Å². The molecule has 0 aliphatic carbocycles. The fourth-order valence-electron chi connectivity index (χ4n) is 4.61. The molecule has 0 atom stereocenters. The van der Waals surface area contributed by atoms with Gasteiger partial charge in [0.25, 0.3) is 5.91 Å². The normalized spacial score (nSPS) is 14.2. The van der Waals surface area contributed by atoms with E-state index in [0.717, 1.165) is 48.3 Å². The fourth-order valence-corrected chi connectivity index (χ4v) is 4.61. The van der Waals surface area contributed by atoms with Gasteiger partial charge in [0.05, 0.1) is 11.6 Å². The molecular formula is C28H26N4O. The molecule has 5 rings (SSSR count). The lowest BCUT2D eigenvalue weighted by atomic mass is 10.2. The largest absolute Gasteiger partial charge is 0.370 e. The van der Waals surface area contributed by atoms with Gasteiger partial charge < -0.3 is 14.4 Å². The molecule has 1 aromatic heterocycles. The minimum Gasteiger partial charge on any atom is -0.370 e. The summed E-state index contributed by atoms with van der Waals surface area (Å²) in [5, 5.41) is 10.1. The van der Waals surface area contributed by atoms with Crippen LogP contribution in [0.5, 0.6) is 0 Å². The topological polar surface area (TPSA) is 52.3 Å². The Morgan fingerprint density at radius 3 is 2.39 bits per heavy atom. The summed E-state index contributed by atoms with van der Waals surface area (Å²) in [6.07, 6.45) is 0.907. The van der Waals surface area contributed by atoms with Crippen LogP contribution in [0, 0.1) is 11.3 Å². The number of benzene rings is 3. The number of hydrogen-bond acceptors (Lipinski definition) is 3. The van der Waals surface area contributed by atoms with Crippen molar-refractivity contribution in [2.75, 3.05) is 31.1 Å². The second-order valence-corrected chi connectivity index (χ2v) is 8.45. The summed E-state index contributed by atoms with van der Waals surface area (Å²) in [4.78, 5) is 18.0. The van der Waals surface area contributed by atoms with Crippen molar-refractivity contribution in [3.05, 3.63) is 102 Å². The van der Waals surface area contributed by atoms with Crippen LogP contribution in [0.15, 0.2) is 84.9 Å². The van der Waals surface area contributed by atoms with Gasteiger partial charge in [-0.3, -0.25) is 4.79 Å². The van der Waals surface area contributed by atoms with Crippen LogP contribution in [0.4, 0.5) is 5.69 Å². The zero-order valence-electron chi connectivity index (χ0n) is 18.5. The molecule has 33 heavy (non-hydrogen) atoms. The second-order valence-electron chi connectivity index (χ2n) is 8.45. The summed E-state index contributed by atoms with van der Waals surface area (Å²) >= 11 is 0. The van der Waals surface area contributed by atoms with Crippen molar-refractivity contribution in [2.24, 2.45) is 0 Å². The molecule has 0 N–H and O–H groups in total. The molecule has 5 nitrogen and oxygen atoms in total. The van der Waals surface area contributed by atoms with Crippen LogP contribution in [-0.4, -0.2) is 41.6 Å². The Morgan fingerprint density at radius 2 is 1.61 bits per heavy atom. The molecule has 5 heteroatoms. The van der Waals surface area contributed by atoms with Gasteiger partial charge in [0, 0.05) is 49.3 Å². The van der Waals surface area contributed by atoms with Crippen LogP contribution < -0.4 is 4.90 Å². The molecule has 0 unspecified atom stereocenters. The summed E-state index contributed by atoms with van der Waals surface area (Å²) in [7, 11) is 0. The van der Waals surface area contributed by atoms with Crippen molar-refractivity contribution in [1.29, 1.82) is 5.26 Å². The van der Waals surface area contributed by atoms with Gasteiger partial charge in [-0.2, -0.15) is 5.26 Å². The van der Waals surface area contributed by atoms with Gasteiger partial charge in [-0.05, 0) is 48.4 Å². The summed E-state index contributed by atoms with van der Waals surface area (Å²) in [6.45, 7) is 3.74. The quantitative estimate of drug-likeness (QED) is 0.458. The van der Waals surface area contributed by atoms with E-state index in [1.54, 1.807) is 0 Å². The predicted octanol–water partition coefficient (Wildman–Crippen LogP) is 4.91. The number of hydrogen-bond donors (Lipinski definition) is 0. The number of anilines is 1. The molecule has 2 heterocycles. The van der Waals surface area contributed by atoms with E-state index >= 15 is 0 Å². The number of rotatable bonds is 4. The van der Waals surface area contributed by atoms with Gasteiger partial charge in [-0.1, -0.05) is 48.5 Å². The predicted molar refractivity (Wildman–Crippen MR) is 131 cm³/mol. The van der Waals surface area contributed by atoms with Crippen LogP contribution in [0.2, 0.25) is 0 Å². The maximum atomic E-state index is 13.7. The SMILES string of the molecule is N#Cc1ccc(N2CCCN(C(=O)c3cc4ccccc4n3Cc3ccccc3)CC2)cc1. The van der Waals surface area contributed by atoms with Gasteiger partial charge in [-0.25, -0.2) is 0 Å². The fraction of sp³-hybridized carbons (Fsp3) is 0.214. The number of fused-ring (bicyclic) bond motifs is 1. The third-order valence-corrected chi connectivity index (χ3v) is 6.36. The van der Waals surface area contributed by atoms with Crippen LogP contribution in [0.3, 0.4) is 0 Å². The van der Waals surface area contributed by atoms with E-state index in [1.165, 1.54) is 5.56 Å². The van der Waals surface area contributed by atoms with Crippen molar-refractivity contribution < 1.29 is 4.79 Å². The first-order valence-corrected chi connectivity index (χ1v) is 11.4. The van der Waals surface area contributed by atoms with E-state index in [-0.39, 0.29) is 5.91 Å². The molecule has 164 valence electrons. The molecule has 1 fully saturated rings. The maximum Gasteiger partial charge on any atom is 0.270 e. The summed E-state index contributed by atoms with van der Waals surface area (Å²) in [5.41, 5.74) is 4.76. The average Bonchev–Trinajstić information content (AvgIpc) is 3.05. The van der Waals surface area contributed by atoms with Crippen molar-refractivity contribution in [2.45, 2.75) is 13.0 Å². The lowest BCUT2D eigenvalue weighted by molar-refractivity contribution is 0.0757. The molecule has 0 saturated carbocycles. The second kappa shape index (κ2) is 9.22. The monoisotopic (exact) mass is 434 g/mol. The van der Waals surface area contributed by atoms with Gasteiger partial charge >= 0.3 is 0 Å². The van der Waals surface area contributed by atoms with E-state index in [1.807, 2.05) is 65.6 Å². The van der Waals surface area contributed by atoms with Crippen LogP contribution in [0.25, 0.3) is 10.9 Å². The van der Waals surface area contributed by atoms with E-state index in [4.69, 9.17) is 5.26 Å². The number of carbonyl (C=O) groups excluding carboxylic acids is 1. The molecule has 1 aliphatic rings. The maximum absolute atomic E-state index is 13.7.